The summed E-state index contributed by atoms with van der Waals surface area (Å²) in [6.07, 6.45) is 0. The molecule has 1 N–H and O–H groups in total. The molecule has 0 bridgehead atoms. The van der Waals surface area contributed by atoms with Gasteiger partial charge in [-0.25, -0.2) is 0 Å². The SMILES string of the molecule is CC(=O)n1nnc(C)c1Nc1ccc(Cl)cc1. The highest BCUT2D eigenvalue weighted by molar-refractivity contribution is 6.30. The molecular weight excluding hydrogens is 240 g/mol. The zero-order valence-corrected chi connectivity index (χ0v) is 10.2. The van der Waals surface area contributed by atoms with Gasteiger partial charge in [-0.05, 0) is 31.2 Å². The standard InChI is InChI=1S/C11H11ClN4O/c1-7-11(16(8(2)17)15-14-7)13-10-5-3-9(12)4-6-10/h3-6,13H,1-2H3. The zero-order valence-electron chi connectivity index (χ0n) is 9.44. The van der Waals surface area contributed by atoms with Gasteiger partial charge < -0.3 is 5.32 Å². The van der Waals surface area contributed by atoms with Gasteiger partial charge in [-0.2, -0.15) is 4.68 Å². The van der Waals surface area contributed by atoms with Gasteiger partial charge in [0.15, 0.2) is 5.82 Å². The van der Waals surface area contributed by atoms with Gasteiger partial charge in [0.1, 0.15) is 5.69 Å². The minimum Gasteiger partial charge on any atom is -0.338 e. The number of hydrogen-bond acceptors (Lipinski definition) is 4. The monoisotopic (exact) mass is 250 g/mol. The van der Waals surface area contributed by atoms with Crippen LogP contribution in [0.3, 0.4) is 0 Å². The molecule has 2 rings (SSSR count). The van der Waals surface area contributed by atoms with Crippen molar-refractivity contribution >= 4 is 29.0 Å². The Kier molecular flexibility index (Phi) is 3.10. The summed E-state index contributed by atoms with van der Waals surface area (Å²) in [7, 11) is 0. The van der Waals surface area contributed by atoms with Crippen LogP contribution < -0.4 is 5.32 Å². The Labute approximate surface area is 103 Å². The summed E-state index contributed by atoms with van der Waals surface area (Å²) in [5.41, 5.74) is 1.48. The lowest BCUT2D eigenvalue weighted by molar-refractivity contribution is 0.0921. The fourth-order valence-electron chi connectivity index (χ4n) is 1.39. The van der Waals surface area contributed by atoms with Crippen LogP contribution in [0.5, 0.6) is 0 Å². The van der Waals surface area contributed by atoms with Gasteiger partial charge in [0.2, 0.25) is 5.91 Å². The summed E-state index contributed by atoms with van der Waals surface area (Å²) < 4.78 is 1.23. The average molecular weight is 251 g/mol. The molecule has 0 aliphatic carbocycles. The van der Waals surface area contributed by atoms with Gasteiger partial charge in [0, 0.05) is 17.6 Å². The fourth-order valence-corrected chi connectivity index (χ4v) is 1.52. The first-order valence-electron chi connectivity index (χ1n) is 5.04. The maximum absolute atomic E-state index is 11.3. The van der Waals surface area contributed by atoms with E-state index < -0.39 is 0 Å². The van der Waals surface area contributed by atoms with Gasteiger partial charge in [-0.3, -0.25) is 4.79 Å². The van der Waals surface area contributed by atoms with Crippen LogP contribution >= 0.6 is 11.6 Å². The highest BCUT2D eigenvalue weighted by atomic mass is 35.5. The summed E-state index contributed by atoms with van der Waals surface area (Å²) in [5.74, 6) is 0.377. The van der Waals surface area contributed by atoms with Crippen molar-refractivity contribution < 1.29 is 4.79 Å². The summed E-state index contributed by atoms with van der Waals surface area (Å²) >= 11 is 5.79. The van der Waals surface area contributed by atoms with E-state index >= 15 is 0 Å². The van der Waals surface area contributed by atoms with E-state index in [1.165, 1.54) is 11.6 Å². The van der Waals surface area contributed by atoms with Gasteiger partial charge in [0.25, 0.3) is 0 Å². The maximum atomic E-state index is 11.3. The molecule has 0 saturated heterocycles. The Morgan fingerprint density at radius 3 is 2.59 bits per heavy atom. The normalized spacial score (nSPS) is 10.3. The molecule has 2 aromatic rings. The van der Waals surface area contributed by atoms with E-state index in [1.54, 1.807) is 19.1 Å². The van der Waals surface area contributed by atoms with Gasteiger partial charge in [-0.15, -0.1) is 5.10 Å². The number of anilines is 2. The maximum Gasteiger partial charge on any atom is 0.247 e. The Bertz CT molecular complexity index is 547. The van der Waals surface area contributed by atoms with Crippen molar-refractivity contribution in [1.29, 1.82) is 0 Å². The topological polar surface area (TPSA) is 59.8 Å². The largest absolute Gasteiger partial charge is 0.338 e. The molecule has 0 fully saturated rings. The number of benzene rings is 1. The quantitative estimate of drug-likeness (QED) is 0.890. The average Bonchev–Trinajstić information content (AvgIpc) is 2.64. The van der Waals surface area contributed by atoms with Gasteiger partial charge >= 0.3 is 0 Å². The molecule has 0 unspecified atom stereocenters. The van der Waals surface area contributed by atoms with E-state index in [4.69, 9.17) is 11.6 Å². The predicted octanol–water partition coefficient (Wildman–Crippen LogP) is 2.64. The van der Waals surface area contributed by atoms with Crippen molar-refractivity contribution in [3.8, 4) is 0 Å². The number of nitrogens with zero attached hydrogens (tertiary/aromatic N) is 3. The zero-order chi connectivity index (χ0) is 12.4. The van der Waals surface area contributed by atoms with Crippen molar-refractivity contribution in [2.75, 3.05) is 5.32 Å². The molecular formula is C11H11ClN4O. The van der Waals surface area contributed by atoms with E-state index in [1.807, 2.05) is 12.1 Å². The molecule has 0 aliphatic heterocycles. The van der Waals surface area contributed by atoms with Crippen LogP contribution in [0, 0.1) is 6.92 Å². The molecule has 5 nitrogen and oxygen atoms in total. The second-order valence-corrected chi connectivity index (χ2v) is 4.02. The van der Waals surface area contributed by atoms with Crippen LogP contribution in [0.2, 0.25) is 5.02 Å². The van der Waals surface area contributed by atoms with Crippen molar-refractivity contribution in [3.05, 3.63) is 35.0 Å². The summed E-state index contributed by atoms with van der Waals surface area (Å²) in [6, 6.07) is 7.17. The first kappa shape index (κ1) is 11.6. The van der Waals surface area contributed by atoms with E-state index in [-0.39, 0.29) is 5.91 Å². The Hall–Kier alpha value is -1.88. The molecule has 6 heteroatoms. The number of aryl methyl sites for hydroxylation is 1. The number of nitrogens with one attached hydrogen (secondary N) is 1. The molecule has 1 aromatic heterocycles. The number of hydrogen-bond donors (Lipinski definition) is 1. The number of carbonyl (C=O) groups is 1. The van der Waals surface area contributed by atoms with Crippen molar-refractivity contribution in [2.24, 2.45) is 0 Å². The van der Waals surface area contributed by atoms with E-state index in [0.29, 0.717) is 16.5 Å². The molecule has 0 radical (unpaired) electrons. The number of halogens is 1. The molecule has 1 aromatic carbocycles. The summed E-state index contributed by atoms with van der Waals surface area (Å²) in [5, 5.41) is 11.4. The number of aromatic nitrogens is 3. The van der Waals surface area contributed by atoms with Crippen LogP contribution in [0.4, 0.5) is 11.5 Å². The number of carbonyl (C=O) groups excluding carboxylic acids is 1. The molecule has 1 heterocycles. The Morgan fingerprint density at radius 2 is 2.00 bits per heavy atom. The highest BCUT2D eigenvalue weighted by Crippen LogP contribution is 2.20. The van der Waals surface area contributed by atoms with Crippen LogP contribution in [-0.4, -0.2) is 20.9 Å². The molecule has 0 spiro atoms. The predicted molar refractivity (Wildman–Crippen MR) is 65.8 cm³/mol. The number of rotatable bonds is 2. The van der Waals surface area contributed by atoms with E-state index in [2.05, 4.69) is 15.6 Å². The van der Waals surface area contributed by atoms with Crippen LogP contribution in [0.1, 0.15) is 17.4 Å². The fraction of sp³-hybridized carbons (Fsp3) is 0.182. The van der Waals surface area contributed by atoms with E-state index in [9.17, 15) is 4.79 Å². The summed E-state index contributed by atoms with van der Waals surface area (Å²) in [4.78, 5) is 11.3. The van der Waals surface area contributed by atoms with Crippen LogP contribution in [-0.2, 0) is 0 Å². The van der Waals surface area contributed by atoms with Crippen LogP contribution in [0.25, 0.3) is 0 Å². The third-order valence-electron chi connectivity index (χ3n) is 2.24. The lowest BCUT2D eigenvalue weighted by Gasteiger charge is -2.07. The van der Waals surface area contributed by atoms with E-state index in [0.717, 1.165) is 5.69 Å². The third-order valence-corrected chi connectivity index (χ3v) is 2.50. The first-order valence-corrected chi connectivity index (χ1v) is 5.41. The third kappa shape index (κ3) is 2.45. The van der Waals surface area contributed by atoms with Gasteiger partial charge in [-0.1, -0.05) is 16.8 Å². The van der Waals surface area contributed by atoms with Crippen molar-refractivity contribution in [1.82, 2.24) is 15.0 Å². The second kappa shape index (κ2) is 4.55. The molecule has 0 saturated carbocycles. The van der Waals surface area contributed by atoms with Gasteiger partial charge in [0.05, 0.1) is 0 Å². The Morgan fingerprint density at radius 1 is 1.35 bits per heavy atom. The van der Waals surface area contributed by atoms with Crippen molar-refractivity contribution in [2.45, 2.75) is 13.8 Å². The molecule has 88 valence electrons. The minimum atomic E-state index is -0.193. The van der Waals surface area contributed by atoms with Crippen LogP contribution in [0.15, 0.2) is 24.3 Å². The molecule has 0 amide bonds. The molecule has 0 aliphatic rings. The first-order chi connectivity index (χ1) is 8.08. The summed E-state index contributed by atoms with van der Waals surface area (Å²) in [6.45, 7) is 3.21. The molecule has 17 heavy (non-hydrogen) atoms. The lowest BCUT2D eigenvalue weighted by atomic mass is 10.3. The smallest absolute Gasteiger partial charge is 0.247 e. The highest BCUT2D eigenvalue weighted by Gasteiger charge is 2.12. The Balaban J connectivity index is 2.32. The second-order valence-electron chi connectivity index (χ2n) is 3.59. The minimum absolute atomic E-state index is 0.193. The van der Waals surface area contributed by atoms with Crippen molar-refractivity contribution in [3.63, 3.8) is 0 Å². The molecule has 0 atom stereocenters. The lowest BCUT2D eigenvalue weighted by Crippen LogP contribution is -2.11.